The largest absolute Gasteiger partial charge is 0.324 e. The fourth-order valence-corrected chi connectivity index (χ4v) is 2.05. The van der Waals surface area contributed by atoms with Gasteiger partial charge in [0.25, 0.3) is 0 Å². The van der Waals surface area contributed by atoms with E-state index in [-0.39, 0.29) is 6.04 Å². The summed E-state index contributed by atoms with van der Waals surface area (Å²) in [7, 11) is 0. The van der Waals surface area contributed by atoms with Gasteiger partial charge in [-0.25, -0.2) is 0 Å². The zero-order chi connectivity index (χ0) is 9.80. The number of nitrogens with two attached hydrogens (primary N) is 1. The first-order valence-corrected chi connectivity index (χ1v) is 5.24. The second-order valence-corrected chi connectivity index (χ2v) is 3.90. The van der Waals surface area contributed by atoms with E-state index in [0.717, 1.165) is 13.1 Å². The first-order chi connectivity index (χ1) is 6.88. The Morgan fingerprint density at radius 3 is 2.86 bits per heavy atom. The van der Waals surface area contributed by atoms with Crippen LogP contribution in [0.2, 0.25) is 0 Å². The summed E-state index contributed by atoms with van der Waals surface area (Å²) >= 11 is 0. The molecule has 1 saturated heterocycles. The molecule has 1 aliphatic heterocycles. The van der Waals surface area contributed by atoms with E-state index in [0.29, 0.717) is 5.92 Å². The Hall–Kier alpha value is -0.930. The number of nitrogens with zero attached hydrogens (tertiary/aromatic N) is 1. The van der Waals surface area contributed by atoms with Crippen LogP contribution in [0.15, 0.2) is 24.5 Å². The summed E-state index contributed by atoms with van der Waals surface area (Å²) in [6.45, 7) is 2.19. The maximum absolute atomic E-state index is 6.20. The molecule has 0 spiro atoms. The summed E-state index contributed by atoms with van der Waals surface area (Å²) in [5.74, 6) is 0.612. The molecule has 1 unspecified atom stereocenters. The fourth-order valence-electron chi connectivity index (χ4n) is 2.05. The average Bonchev–Trinajstić information content (AvgIpc) is 2.30. The number of hydrogen-bond acceptors (Lipinski definition) is 3. The Morgan fingerprint density at radius 1 is 1.43 bits per heavy atom. The molecule has 1 aliphatic rings. The second kappa shape index (κ2) is 4.53. The van der Waals surface area contributed by atoms with Gasteiger partial charge in [0.2, 0.25) is 0 Å². The summed E-state index contributed by atoms with van der Waals surface area (Å²) < 4.78 is 0. The van der Waals surface area contributed by atoms with Crippen LogP contribution in [-0.2, 0) is 0 Å². The summed E-state index contributed by atoms with van der Waals surface area (Å²) in [5.41, 5.74) is 7.37. The van der Waals surface area contributed by atoms with Crippen molar-refractivity contribution in [2.75, 3.05) is 13.1 Å². The number of rotatable bonds is 2. The van der Waals surface area contributed by atoms with Gasteiger partial charge in [0.05, 0.1) is 0 Å². The van der Waals surface area contributed by atoms with Crippen LogP contribution in [0.3, 0.4) is 0 Å². The molecule has 0 aliphatic carbocycles. The molecule has 2 heterocycles. The van der Waals surface area contributed by atoms with Crippen LogP contribution in [0.4, 0.5) is 0 Å². The molecule has 1 aromatic rings. The van der Waals surface area contributed by atoms with Crippen LogP contribution in [0.1, 0.15) is 24.4 Å². The molecule has 3 nitrogen and oxygen atoms in total. The molecule has 1 atom stereocenters. The summed E-state index contributed by atoms with van der Waals surface area (Å²) in [6, 6.07) is 4.18. The summed E-state index contributed by atoms with van der Waals surface area (Å²) in [6.07, 6.45) is 6.03. The third-order valence-corrected chi connectivity index (χ3v) is 2.96. The molecule has 0 aromatic carbocycles. The lowest BCUT2D eigenvalue weighted by Gasteiger charge is -2.28. The normalized spacial score (nSPS) is 20.6. The minimum atomic E-state index is 0.158. The van der Waals surface area contributed by atoms with Gasteiger partial charge in [-0.15, -0.1) is 0 Å². The minimum Gasteiger partial charge on any atom is -0.324 e. The lowest BCUT2D eigenvalue weighted by atomic mass is 9.87. The van der Waals surface area contributed by atoms with Crippen LogP contribution >= 0.6 is 0 Å². The van der Waals surface area contributed by atoms with Crippen LogP contribution in [0.5, 0.6) is 0 Å². The molecule has 14 heavy (non-hydrogen) atoms. The van der Waals surface area contributed by atoms with E-state index in [1.807, 2.05) is 12.3 Å². The van der Waals surface area contributed by atoms with Crippen LogP contribution in [0, 0.1) is 5.92 Å². The SMILES string of the molecule is NC(c1cccnc1)C1CCNCC1. The van der Waals surface area contributed by atoms with Gasteiger partial charge >= 0.3 is 0 Å². The highest BCUT2D eigenvalue weighted by atomic mass is 14.9. The van der Waals surface area contributed by atoms with Crippen molar-refractivity contribution in [2.24, 2.45) is 11.7 Å². The maximum Gasteiger partial charge on any atom is 0.0339 e. The van der Waals surface area contributed by atoms with E-state index in [4.69, 9.17) is 5.73 Å². The monoisotopic (exact) mass is 191 g/mol. The molecule has 0 bridgehead atoms. The van der Waals surface area contributed by atoms with Crippen LogP contribution in [0.25, 0.3) is 0 Å². The highest BCUT2D eigenvalue weighted by molar-refractivity contribution is 5.14. The van der Waals surface area contributed by atoms with Crippen molar-refractivity contribution in [3.8, 4) is 0 Å². The molecule has 0 radical (unpaired) electrons. The Labute approximate surface area is 84.7 Å². The fraction of sp³-hybridized carbons (Fsp3) is 0.545. The minimum absolute atomic E-state index is 0.158. The van der Waals surface area contributed by atoms with Crippen LogP contribution < -0.4 is 11.1 Å². The topological polar surface area (TPSA) is 50.9 Å². The molecule has 1 fully saturated rings. The highest BCUT2D eigenvalue weighted by Crippen LogP contribution is 2.25. The second-order valence-electron chi connectivity index (χ2n) is 3.90. The van der Waals surface area contributed by atoms with Gasteiger partial charge in [0, 0.05) is 18.4 Å². The zero-order valence-corrected chi connectivity index (χ0v) is 8.32. The average molecular weight is 191 g/mol. The van der Waals surface area contributed by atoms with E-state index < -0.39 is 0 Å². The number of aromatic nitrogens is 1. The Bertz CT molecular complexity index is 267. The molecule has 3 heteroatoms. The van der Waals surface area contributed by atoms with Crippen LogP contribution in [-0.4, -0.2) is 18.1 Å². The quantitative estimate of drug-likeness (QED) is 0.735. The number of hydrogen-bond donors (Lipinski definition) is 2. The van der Waals surface area contributed by atoms with Gasteiger partial charge < -0.3 is 11.1 Å². The third-order valence-electron chi connectivity index (χ3n) is 2.96. The number of pyridine rings is 1. The van der Waals surface area contributed by atoms with E-state index >= 15 is 0 Å². The molecular weight excluding hydrogens is 174 g/mol. The predicted octanol–water partition coefficient (Wildman–Crippen LogP) is 1.08. The van der Waals surface area contributed by atoms with Crippen molar-refractivity contribution in [3.05, 3.63) is 30.1 Å². The zero-order valence-electron chi connectivity index (χ0n) is 8.32. The van der Waals surface area contributed by atoms with E-state index in [9.17, 15) is 0 Å². The molecule has 0 saturated carbocycles. The number of nitrogens with one attached hydrogen (secondary N) is 1. The van der Waals surface area contributed by atoms with Gasteiger partial charge in [-0.2, -0.15) is 0 Å². The van der Waals surface area contributed by atoms with Gasteiger partial charge in [0.15, 0.2) is 0 Å². The molecular formula is C11H17N3. The van der Waals surface area contributed by atoms with Gasteiger partial charge in [-0.3, -0.25) is 4.98 Å². The summed E-state index contributed by atoms with van der Waals surface area (Å²) in [4.78, 5) is 4.10. The summed E-state index contributed by atoms with van der Waals surface area (Å²) in [5, 5.41) is 3.35. The van der Waals surface area contributed by atoms with Crippen molar-refractivity contribution < 1.29 is 0 Å². The smallest absolute Gasteiger partial charge is 0.0339 e. The molecule has 76 valence electrons. The van der Waals surface area contributed by atoms with Crippen molar-refractivity contribution in [2.45, 2.75) is 18.9 Å². The van der Waals surface area contributed by atoms with E-state index in [2.05, 4.69) is 16.4 Å². The van der Waals surface area contributed by atoms with E-state index in [1.165, 1.54) is 18.4 Å². The lowest BCUT2D eigenvalue weighted by Crippen LogP contribution is -2.33. The Morgan fingerprint density at radius 2 is 2.21 bits per heavy atom. The standard InChI is InChI=1S/C11H17N3/c12-11(9-3-6-13-7-4-9)10-2-1-5-14-8-10/h1-2,5,8-9,11,13H,3-4,6-7,12H2. The Kier molecular flexibility index (Phi) is 3.11. The first kappa shape index (κ1) is 9.62. The van der Waals surface area contributed by atoms with E-state index in [1.54, 1.807) is 6.20 Å². The molecule has 1 aromatic heterocycles. The van der Waals surface area contributed by atoms with Crippen molar-refractivity contribution in [1.82, 2.24) is 10.3 Å². The van der Waals surface area contributed by atoms with Crippen molar-refractivity contribution in [1.29, 1.82) is 0 Å². The predicted molar refractivity (Wildman–Crippen MR) is 56.8 cm³/mol. The van der Waals surface area contributed by atoms with Gasteiger partial charge in [-0.05, 0) is 43.5 Å². The van der Waals surface area contributed by atoms with Gasteiger partial charge in [0.1, 0.15) is 0 Å². The first-order valence-electron chi connectivity index (χ1n) is 5.24. The molecule has 3 N–H and O–H groups in total. The molecule has 2 rings (SSSR count). The lowest BCUT2D eigenvalue weighted by molar-refractivity contribution is 0.322. The third kappa shape index (κ3) is 2.11. The van der Waals surface area contributed by atoms with Crippen molar-refractivity contribution >= 4 is 0 Å². The van der Waals surface area contributed by atoms with Gasteiger partial charge in [-0.1, -0.05) is 6.07 Å². The Balaban J connectivity index is 2.03. The van der Waals surface area contributed by atoms with Crippen molar-refractivity contribution in [3.63, 3.8) is 0 Å². The number of piperidine rings is 1. The molecule has 0 amide bonds. The maximum atomic E-state index is 6.20. The highest BCUT2D eigenvalue weighted by Gasteiger charge is 2.21.